The van der Waals surface area contributed by atoms with E-state index in [9.17, 15) is 9.18 Å². The molecule has 0 saturated heterocycles. The van der Waals surface area contributed by atoms with Crippen LogP contribution < -0.4 is 16.0 Å². The fourth-order valence-corrected chi connectivity index (χ4v) is 3.08. The molecule has 6 nitrogen and oxygen atoms in total. The Kier molecular flexibility index (Phi) is 3.91. The molecule has 0 saturated carbocycles. The Morgan fingerprint density at radius 3 is 2.72 bits per heavy atom. The maximum absolute atomic E-state index is 13.6. The smallest absolute Gasteiger partial charge is 0.267 e. The molecule has 0 bridgehead atoms. The zero-order valence-electron chi connectivity index (χ0n) is 12.6. The molecule has 0 amide bonds. The van der Waals surface area contributed by atoms with Crippen molar-refractivity contribution in [1.29, 1.82) is 0 Å². The number of rotatable bonds is 2. The van der Waals surface area contributed by atoms with Crippen LogP contribution in [-0.4, -0.2) is 22.6 Å². The van der Waals surface area contributed by atoms with Crippen molar-refractivity contribution in [3.63, 3.8) is 0 Å². The first kappa shape index (κ1) is 16.0. The van der Waals surface area contributed by atoms with E-state index in [1.807, 2.05) is 0 Å². The molecule has 1 N–H and O–H groups in total. The van der Waals surface area contributed by atoms with Gasteiger partial charge in [0.1, 0.15) is 18.8 Å². The minimum absolute atomic E-state index is 0.144. The van der Waals surface area contributed by atoms with E-state index in [1.165, 1.54) is 34.1 Å². The fourth-order valence-electron chi connectivity index (χ4n) is 2.59. The Morgan fingerprint density at radius 1 is 1.16 bits per heavy atom. The minimum Gasteiger partial charge on any atom is -0.268 e. The number of fused-ring (bicyclic) bond motifs is 1. The van der Waals surface area contributed by atoms with E-state index in [4.69, 9.17) is 23.2 Å². The Morgan fingerprint density at radius 2 is 2.00 bits per heavy atom. The summed E-state index contributed by atoms with van der Waals surface area (Å²) in [7, 11) is 0. The van der Waals surface area contributed by atoms with Gasteiger partial charge in [-0.15, -0.1) is 0 Å². The molecule has 2 aromatic carbocycles. The molecule has 9 heteroatoms. The number of hydrogen-bond acceptors (Lipinski definition) is 5. The summed E-state index contributed by atoms with van der Waals surface area (Å²) in [4.78, 5) is 21.6. The molecule has 126 valence electrons. The Labute approximate surface area is 151 Å². The van der Waals surface area contributed by atoms with Crippen LogP contribution in [0.2, 0.25) is 10.0 Å². The van der Waals surface area contributed by atoms with E-state index in [0.717, 1.165) is 6.07 Å². The lowest BCUT2D eigenvalue weighted by Crippen LogP contribution is -2.37. The van der Waals surface area contributed by atoms with Crippen molar-refractivity contribution >= 4 is 46.4 Å². The van der Waals surface area contributed by atoms with Crippen LogP contribution in [0, 0.1) is 5.82 Å². The molecule has 0 atom stereocenters. The number of benzene rings is 2. The van der Waals surface area contributed by atoms with Gasteiger partial charge in [0.05, 0.1) is 21.6 Å². The van der Waals surface area contributed by atoms with Gasteiger partial charge in [-0.3, -0.25) is 9.79 Å². The lowest BCUT2D eigenvalue weighted by atomic mass is 10.2. The van der Waals surface area contributed by atoms with Gasteiger partial charge in [0, 0.05) is 5.02 Å². The number of halogens is 3. The number of hydrogen-bond donors (Lipinski definition) is 1. The molecule has 3 aromatic rings. The van der Waals surface area contributed by atoms with Crippen LogP contribution in [0.3, 0.4) is 0 Å². The summed E-state index contributed by atoms with van der Waals surface area (Å²) in [5, 5.41) is 2.36. The Hall–Kier alpha value is -2.48. The number of hydrazine groups is 1. The highest BCUT2D eigenvalue weighted by atomic mass is 35.5. The highest BCUT2D eigenvalue weighted by Gasteiger charge is 2.21. The van der Waals surface area contributed by atoms with Gasteiger partial charge in [-0.25, -0.2) is 24.4 Å². The first-order chi connectivity index (χ1) is 12.0. The second kappa shape index (κ2) is 6.11. The molecule has 0 radical (unpaired) electrons. The van der Waals surface area contributed by atoms with Crippen LogP contribution in [0.25, 0.3) is 16.6 Å². The van der Waals surface area contributed by atoms with Crippen LogP contribution >= 0.6 is 23.2 Å². The van der Waals surface area contributed by atoms with Crippen LogP contribution in [0.1, 0.15) is 0 Å². The minimum atomic E-state index is -0.520. The van der Waals surface area contributed by atoms with Gasteiger partial charge >= 0.3 is 0 Å². The van der Waals surface area contributed by atoms with Crippen molar-refractivity contribution in [2.45, 2.75) is 0 Å². The SMILES string of the molecule is O=c1c2cc(F)ccc2nc(N2C=NCN2)n1-c1ccc(Cl)cc1Cl. The predicted molar refractivity (Wildman–Crippen MR) is 96.3 cm³/mol. The third-order valence-corrected chi connectivity index (χ3v) is 4.25. The third-order valence-electron chi connectivity index (χ3n) is 3.71. The van der Waals surface area contributed by atoms with Crippen molar-refractivity contribution in [3.8, 4) is 5.69 Å². The summed E-state index contributed by atoms with van der Waals surface area (Å²) in [6, 6.07) is 8.60. The summed E-state index contributed by atoms with van der Waals surface area (Å²) in [6.07, 6.45) is 1.51. The second-order valence-corrected chi connectivity index (χ2v) is 6.14. The number of nitrogens with one attached hydrogen (secondary N) is 1. The van der Waals surface area contributed by atoms with Crippen LogP contribution in [0.15, 0.2) is 46.2 Å². The lowest BCUT2D eigenvalue weighted by Gasteiger charge is -2.20. The molecule has 1 aliphatic rings. The van der Waals surface area contributed by atoms with E-state index in [0.29, 0.717) is 22.9 Å². The van der Waals surface area contributed by atoms with E-state index in [2.05, 4.69) is 15.4 Å². The van der Waals surface area contributed by atoms with Crippen molar-refractivity contribution in [2.75, 3.05) is 11.7 Å². The lowest BCUT2D eigenvalue weighted by molar-refractivity contribution is 0.629. The molecule has 4 rings (SSSR count). The Bertz CT molecular complexity index is 1080. The summed E-state index contributed by atoms with van der Waals surface area (Å²) < 4.78 is 14.9. The number of anilines is 1. The van der Waals surface area contributed by atoms with Gasteiger partial charge in [-0.1, -0.05) is 23.2 Å². The summed E-state index contributed by atoms with van der Waals surface area (Å²) in [5.41, 5.74) is 3.26. The van der Waals surface area contributed by atoms with Crippen molar-refractivity contribution in [2.24, 2.45) is 4.99 Å². The topological polar surface area (TPSA) is 62.5 Å². The molecular weight excluding hydrogens is 368 g/mol. The molecule has 0 spiro atoms. The maximum Gasteiger partial charge on any atom is 0.267 e. The molecule has 0 fully saturated rings. The van der Waals surface area contributed by atoms with Gasteiger partial charge in [-0.05, 0) is 36.4 Å². The summed E-state index contributed by atoms with van der Waals surface area (Å²) in [6.45, 7) is 0.353. The predicted octanol–water partition coefficient (Wildman–Crippen LogP) is 3.14. The van der Waals surface area contributed by atoms with Crippen molar-refractivity contribution in [3.05, 3.63) is 62.6 Å². The standard InChI is InChI=1S/C16H10Cl2FN5O/c17-9-1-4-14(12(18)5-9)24-15(25)11-6-10(19)2-3-13(11)22-16(24)23-8-20-7-21-23/h1-6,8,21H,7H2. The fraction of sp³-hybridized carbons (Fsp3) is 0.0625. The van der Waals surface area contributed by atoms with Gasteiger partial charge < -0.3 is 0 Å². The molecular formula is C16H10Cl2FN5O. The first-order valence-electron chi connectivity index (χ1n) is 7.25. The summed E-state index contributed by atoms with van der Waals surface area (Å²) >= 11 is 12.2. The molecule has 0 unspecified atom stereocenters. The maximum atomic E-state index is 13.6. The van der Waals surface area contributed by atoms with Gasteiger partial charge in [0.25, 0.3) is 5.56 Å². The molecule has 1 aliphatic heterocycles. The number of aliphatic imine (C=N–C) groups is 1. The molecule has 2 heterocycles. The average molecular weight is 378 g/mol. The summed E-state index contributed by atoms with van der Waals surface area (Å²) in [5.74, 6) is -0.261. The Balaban J connectivity index is 2.09. The van der Waals surface area contributed by atoms with Gasteiger partial charge in [-0.2, -0.15) is 0 Å². The average Bonchev–Trinajstić information content (AvgIpc) is 3.11. The molecule has 1 aromatic heterocycles. The third kappa shape index (κ3) is 2.76. The van der Waals surface area contributed by atoms with Crippen molar-refractivity contribution in [1.82, 2.24) is 15.0 Å². The van der Waals surface area contributed by atoms with E-state index < -0.39 is 11.4 Å². The highest BCUT2D eigenvalue weighted by molar-refractivity contribution is 6.35. The van der Waals surface area contributed by atoms with Crippen LogP contribution in [-0.2, 0) is 0 Å². The first-order valence-corrected chi connectivity index (χ1v) is 8.00. The normalized spacial score (nSPS) is 13.8. The zero-order chi connectivity index (χ0) is 17.6. The quantitative estimate of drug-likeness (QED) is 0.744. The van der Waals surface area contributed by atoms with E-state index >= 15 is 0 Å². The van der Waals surface area contributed by atoms with Crippen molar-refractivity contribution < 1.29 is 4.39 Å². The zero-order valence-corrected chi connectivity index (χ0v) is 14.1. The van der Waals surface area contributed by atoms with E-state index in [1.54, 1.807) is 12.1 Å². The molecule has 0 aliphatic carbocycles. The molecule has 25 heavy (non-hydrogen) atoms. The van der Waals surface area contributed by atoms with Crippen LogP contribution in [0.5, 0.6) is 0 Å². The number of aromatic nitrogens is 2. The van der Waals surface area contributed by atoms with Crippen LogP contribution in [0.4, 0.5) is 10.3 Å². The number of nitrogens with zero attached hydrogens (tertiary/aromatic N) is 4. The van der Waals surface area contributed by atoms with E-state index in [-0.39, 0.29) is 16.4 Å². The monoisotopic (exact) mass is 377 g/mol. The van der Waals surface area contributed by atoms with Gasteiger partial charge in [0.15, 0.2) is 0 Å². The highest BCUT2D eigenvalue weighted by Crippen LogP contribution is 2.27. The van der Waals surface area contributed by atoms with Gasteiger partial charge in [0.2, 0.25) is 5.95 Å². The largest absolute Gasteiger partial charge is 0.268 e. The second-order valence-electron chi connectivity index (χ2n) is 5.29.